The van der Waals surface area contributed by atoms with Crippen molar-refractivity contribution in [3.8, 4) is 6.07 Å². The summed E-state index contributed by atoms with van der Waals surface area (Å²) in [6.07, 6.45) is 0. The van der Waals surface area contributed by atoms with Gasteiger partial charge in [0.25, 0.3) is 0 Å². The average molecular weight is 167 g/mol. The first kappa shape index (κ1) is 9.50. The van der Waals surface area contributed by atoms with Crippen molar-refractivity contribution in [2.24, 2.45) is 5.92 Å². The van der Waals surface area contributed by atoms with Crippen LogP contribution < -0.4 is 5.32 Å². The molecule has 12 heavy (non-hydrogen) atoms. The van der Waals surface area contributed by atoms with Gasteiger partial charge < -0.3 is 5.32 Å². The van der Waals surface area contributed by atoms with Gasteiger partial charge in [0.05, 0.1) is 6.07 Å². The van der Waals surface area contributed by atoms with Crippen molar-refractivity contribution in [3.63, 3.8) is 0 Å². The highest BCUT2D eigenvalue weighted by molar-refractivity contribution is 5.00. The lowest BCUT2D eigenvalue weighted by molar-refractivity contribution is 0.0833. The molecule has 1 saturated heterocycles. The molecule has 1 aliphatic rings. The van der Waals surface area contributed by atoms with Gasteiger partial charge >= 0.3 is 0 Å². The van der Waals surface area contributed by atoms with E-state index in [0.717, 1.165) is 13.1 Å². The van der Waals surface area contributed by atoms with Crippen molar-refractivity contribution in [3.05, 3.63) is 0 Å². The second-order valence-electron chi connectivity index (χ2n) is 3.76. The Bertz CT molecular complexity index is 177. The summed E-state index contributed by atoms with van der Waals surface area (Å²) in [4.78, 5) is 2.23. The van der Waals surface area contributed by atoms with Crippen molar-refractivity contribution in [1.82, 2.24) is 10.2 Å². The van der Waals surface area contributed by atoms with Crippen LogP contribution in [0.5, 0.6) is 0 Å². The monoisotopic (exact) mass is 167 g/mol. The molecule has 0 aromatic rings. The maximum atomic E-state index is 8.88. The molecule has 0 saturated carbocycles. The molecule has 0 amide bonds. The first-order valence-corrected chi connectivity index (χ1v) is 4.50. The van der Waals surface area contributed by atoms with Gasteiger partial charge in [0.2, 0.25) is 0 Å². The average Bonchev–Trinajstić information content (AvgIpc) is 1.94. The Hall–Kier alpha value is -0.590. The zero-order valence-electron chi connectivity index (χ0n) is 8.04. The van der Waals surface area contributed by atoms with E-state index in [4.69, 9.17) is 5.26 Å². The number of nitrogens with one attached hydrogen (secondary N) is 1. The molecule has 0 unspecified atom stereocenters. The molecule has 1 N–H and O–H groups in total. The molecule has 68 valence electrons. The third-order valence-corrected chi connectivity index (χ3v) is 2.48. The molecule has 0 aromatic carbocycles. The van der Waals surface area contributed by atoms with E-state index in [-0.39, 0.29) is 6.04 Å². The first-order chi connectivity index (χ1) is 5.69. The van der Waals surface area contributed by atoms with Crippen LogP contribution >= 0.6 is 0 Å². The number of nitriles is 1. The van der Waals surface area contributed by atoms with Crippen LogP contribution in [0.3, 0.4) is 0 Å². The van der Waals surface area contributed by atoms with Crippen LogP contribution in [0.25, 0.3) is 0 Å². The number of rotatable bonds is 3. The Kier molecular flexibility index (Phi) is 3.07. The van der Waals surface area contributed by atoms with Crippen molar-refractivity contribution >= 4 is 0 Å². The molecule has 3 heteroatoms. The lowest BCUT2D eigenvalue weighted by Gasteiger charge is -2.42. The molecule has 0 radical (unpaired) electrons. The summed E-state index contributed by atoms with van der Waals surface area (Å²) in [5.41, 5.74) is 0. The summed E-state index contributed by atoms with van der Waals surface area (Å²) < 4.78 is 0. The van der Waals surface area contributed by atoms with E-state index in [1.165, 1.54) is 0 Å². The zero-order chi connectivity index (χ0) is 9.14. The van der Waals surface area contributed by atoms with E-state index in [9.17, 15) is 0 Å². The van der Waals surface area contributed by atoms with Crippen LogP contribution in [0.4, 0.5) is 0 Å². The van der Waals surface area contributed by atoms with Gasteiger partial charge in [0, 0.05) is 19.1 Å². The maximum Gasteiger partial charge on any atom is 0.100 e. The predicted molar refractivity (Wildman–Crippen MR) is 48.7 cm³/mol. The molecular weight excluding hydrogens is 150 g/mol. The second-order valence-corrected chi connectivity index (χ2v) is 3.76. The van der Waals surface area contributed by atoms with Crippen LogP contribution in [0.2, 0.25) is 0 Å². The molecule has 1 atom stereocenters. The summed E-state index contributed by atoms with van der Waals surface area (Å²) in [6, 6.07) is 3.05. The molecule has 3 nitrogen and oxygen atoms in total. The Morgan fingerprint density at radius 3 is 2.42 bits per heavy atom. The van der Waals surface area contributed by atoms with Crippen molar-refractivity contribution < 1.29 is 0 Å². The Balaban J connectivity index is 2.35. The molecular formula is C9H17N3. The largest absolute Gasteiger partial charge is 0.315 e. The minimum absolute atomic E-state index is 0.106. The summed E-state index contributed by atoms with van der Waals surface area (Å²) >= 11 is 0. The lowest BCUT2D eigenvalue weighted by Crippen LogP contribution is -2.61. The highest BCUT2D eigenvalue weighted by Gasteiger charge is 2.32. The summed E-state index contributed by atoms with van der Waals surface area (Å²) in [6.45, 7) is 6.24. The number of nitrogens with zero attached hydrogens (tertiary/aromatic N) is 2. The molecule has 1 fully saturated rings. The van der Waals surface area contributed by atoms with E-state index in [2.05, 4.69) is 30.1 Å². The van der Waals surface area contributed by atoms with Gasteiger partial charge in [-0.05, 0) is 13.0 Å². The Morgan fingerprint density at radius 2 is 2.08 bits per heavy atom. The third kappa shape index (κ3) is 1.77. The van der Waals surface area contributed by atoms with Gasteiger partial charge in [0.1, 0.15) is 6.04 Å². The van der Waals surface area contributed by atoms with Crippen molar-refractivity contribution in [2.75, 3.05) is 20.1 Å². The van der Waals surface area contributed by atoms with Gasteiger partial charge in [-0.1, -0.05) is 13.8 Å². The van der Waals surface area contributed by atoms with Crippen LogP contribution in [0, 0.1) is 17.2 Å². The smallest absolute Gasteiger partial charge is 0.100 e. The molecule has 1 aliphatic heterocycles. The van der Waals surface area contributed by atoms with Crippen LogP contribution in [0.15, 0.2) is 0 Å². The van der Waals surface area contributed by atoms with Crippen LogP contribution in [-0.4, -0.2) is 37.1 Å². The molecule has 0 spiro atoms. The SMILES string of the molecule is CNC1CN([C@H](C#N)C(C)C)C1. The highest BCUT2D eigenvalue weighted by Crippen LogP contribution is 2.17. The van der Waals surface area contributed by atoms with Crippen LogP contribution in [-0.2, 0) is 0 Å². The fraction of sp³-hybridized carbons (Fsp3) is 0.889. The minimum atomic E-state index is 0.106. The Morgan fingerprint density at radius 1 is 1.50 bits per heavy atom. The topological polar surface area (TPSA) is 39.1 Å². The normalized spacial score (nSPS) is 21.9. The van der Waals surface area contributed by atoms with Crippen molar-refractivity contribution in [1.29, 1.82) is 5.26 Å². The summed E-state index contributed by atoms with van der Waals surface area (Å²) in [5.74, 6) is 0.438. The fourth-order valence-electron chi connectivity index (χ4n) is 1.57. The standard InChI is InChI=1S/C9H17N3/c1-7(2)9(4-10)12-5-8(6-12)11-3/h7-9,11H,5-6H2,1-3H3/t9-/m1/s1. The zero-order valence-corrected chi connectivity index (χ0v) is 8.04. The van der Waals surface area contributed by atoms with E-state index < -0.39 is 0 Å². The van der Waals surface area contributed by atoms with E-state index in [0.29, 0.717) is 12.0 Å². The molecule has 1 heterocycles. The van der Waals surface area contributed by atoms with E-state index >= 15 is 0 Å². The van der Waals surface area contributed by atoms with Crippen LogP contribution in [0.1, 0.15) is 13.8 Å². The quantitative estimate of drug-likeness (QED) is 0.663. The lowest BCUT2D eigenvalue weighted by atomic mass is 9.98. The van der Waals surface area contributed by atoms with E-state index in [1.807, 2.05) is 7.05 Å². The van der Waals surface area contributed by atoms with Gasteiger partial charge in [-0.15, -0.1) is 0 Å². The summed E-state index contributed by atoms with van der Waals surface area (Å²) in [7, 11) is 1.97. The predicted octanol–water partition coefficient (Wildman–Crippen LogP) is 0.438. The number of likely N-dealkylation sites (N-methyl/N-ethyl adjacent to an activating group) is 1. The number of hydrogen-bond acceptors (Lipinski definition) is 3. The third-order valence-electron chi connectivity index (χ3n) is 2.48. The summed E-state index contributed by atoms with van der Waals surface area (Å²) in [5, 5.41) is 12.1. The van der Waals surface area contributed by atoms with Gasteiger partial charge in [0.15, 0.2) is 0 Å². The molecule has 0 bridgehead atoms. The molecule has 0 aromatic heterocycles. The molecule has 0 aliphatic carbocycles. The minimum Gasteiger partial charge on any atom is -0.315 e. The van der Waals surface area contributed by atoms with Gasteiger partial charge in [-0.2, -0.15) is 5.26 Å². The number of likely N-dealkylation sites (tertiary alicyclic amines) is 1. The first-order valence-electron chi connectivity index (χ1n) is 4.50. The van der Waals surface area contributed by atoms with E-state index in [1.54, 1.807) is 0 Å². The van der Waals surface area contributed by atoms with Gasteiger partial charge in [-0.3, -0.25) is 4.90 Å². The fourth-order valence-corrected chi connectivity index (χ4v) is 1.57. The Labute approximate surface area is 74.4 Å². The maximum absolute atomic E-state index is 8.88. The van der Waals surface area contributed by atoms with Crippen molar-refractivity contribution in [2.45, 2.75) is 25.9 Å². The molecule has 1 rings (SSSR count). The number of hydrogen-bond donors (Lipinski definition) is 1. The second kappa shape index (κ2) is 3.88. The van der Waals surface area contributed by atoms with Gasteiger partial charge in [-0.25, -0.2) is 0 Å². The highest BCUT2D eigenvalue weighted by atomic mass is 15.3.